The van der Waals surface area contributed by atoms with Gasteiger partial charge in [-0.2, -0.15) is 4.98 Å². The van der Waals surface area contributed by atoms with Crippen LogP contribution in [0.3, 0.4) is 0 Å². The van der Waals surface area contributed by atoms with Gasteiger partial charge in [0.15, 0.2) is 0 Å². The molecule has 3 rings (SSSR count). The second kappa shape index (κ2) is 7.61. The number of halogens is 1. The zero-order valence-electron chi connectivity index (χ0n) is 14.0. The number of hydrogen-bond donors (Lipinski definition) is 0. The zero-order valence-corrected chi connectivity index (χ0v) is 14.0. The summed E-state index contributed by atoms with van der Waals surface area (Å²) < 4.78 is 23.8. The van der Waals surface area contributed by atoms with Crippen molar-refractivity contribution in [2.75, 3.05) is 19.1 Å². The monoisotopic (exact) mass is 339 g/mol. The van der Waals surface area contributed by atoms with E-state index in [-0.39, 0.29) is 5.82 Å². The van der Waals surface area contributed by atoms with E-state index in [0.29, 0.717) is 24.1 Å². The van der Waals surface area contributed by atoms with E-state index in [1.807, 2.05) is 36.2 Å². The lowest BCUT2D eigenvalue weighted by Crippen LogP contribution is -2.19. The minimum absolute atomic E-state index is 0.310. The van der Waals surface area contributed by atoms with Gasteiger partial charge in [0, 0.05) is 25.9 Å². The number of hydrogen-bond acceptors (Lipinski definition) is 5. The van der Waals surface area contributed by atoms with Crippen molar-refractivity contribution in [3.8, 4) is 17.4 Å². The molecule has 0 unspecified atom stereocenters. The molecule has 0 amide bonds. The number of anilines is 1. The number of aromatic nitrogens is 2. The Morgan fingerprint density at radius 3 is 2.32 bits per heavy atom. The van der Waals surface area contributed by atoms with Gasteiger partial charge in [0.2, 0.25) is 11.8 Å². The summed E-state index contributed by atoms with van der Waals surface area (Å²) in [5.41, 5.74) is 1.11. The van der Waals surface area contributed by atoms with E-state index >= 15 is 0 Å². The Balaban J connectivity index is 1.70. The minimum Gasteiger partial charge on any atom is -0.497 e. The molecule has 5 nitrogen and oxygen atoms in total. The molecule has 6 heteroatoms. The molecule has 0 saturated carbocycles. The van der Waals surface area contributed by atoms with Crippen molar-refractivity contribution in [2.24, 2.45) is 0 Å². The van der Waals surface area contributed by atoms with Gasteiger partial charge in [-0.05, 0) is 42.0 Å². The Labute approximate surface area is 145 Å². The SMILES string of the molecule is COc1ccc(CN(C)c2nccc(Oc3ccc(F)cc3)n2)cc1. The lowest BCUT2D eigenvalue weighted by Gasteiger charge is -2.17. The maximum absolute atomic E-state index is 13.0. The summed E-state index contributed by atoms with van der Waals surface area (Å²) in [5, 5.41) is 0. The highest BCUT2D eigenvalue weighted by molar-refractivity contribution is 5.36. The molecule has 0 bridgehead atoms. The van der Waals surface area contributed by atoms with E-state index in [4.69, 9.17) is 9.47 Å². The van der Waals surface area contributed by atoms with Crippen LogP contribution in [0.2, 0.25) is 0 Å². The molecule has 0 aliphatic rings. The average molecular weight is 339 g/mol. The van der Waals surface area contributed by atoms with E-state index in [2.05, 4.69) is 9.97 Å². The molecule has 0 atom stereocenters. The third-order valence-electron chi connectivity index (χ3n) is 3.57. The van der Waals surface area contributed by atoms with Crippen LogP contribution in [0.1, 0.15) is 5.56 Å². The molecule has 0 spiro atoms. The Morgan fingerprint density at radius 1 is 0.960 bits per heavy atom. The Hall–Kier alpha value is -3.15. The van der Waals surface area contributed by atoms with Crippen molar-refractivity contribution in [2.45, 2.75) is 6.54 Å². The Kier molecular flexibility index (Phi) is 5.09. The fraction of sp³-hybridized carbons (Fsp3) is 0.158. The molecule has 0 aliphatic carbocycles. The number of rotatable bonds is 6. The van der Waals surface area contributed by atoms with Gasteiger partial charge in [-0.25, -0.2) is 9.37 Å². The summed E-state index contributed by atoms with van der Waals surface area (Å²) in [7, 11) is 3.54. The fourth-order valence-electron chi connectivity index (χ4n) is 2.27. The number of methoxy groups -OCH3 is 1. The van der Waals surface area contributed by atoms with Crippen LogP contribution in [0, 0.1) is 5.82 Å². The predicted molar refractivity (Wildman–Crippen MR) is 93.6 cm³/mol. The van der Waals surface area contributed by atoms with Gasteiger partial charge >= 0.3 is 0 Å². The second-order valence-corrected chi connectivity index (χ2v) is 5.45. The Morgan fingerprint density at radius 2 is 1.64 bits per heavy atom. The third kappa shape index (κ3) is 4.44. The van der Waals surface area contributed by atoms with Crippen molar-refractivity contribution >= 4 is 5.95 Å². The molecule has 1 aromatic heterocycles. The van der Waals surface area contributed by atoms with Crippen LogP contribution in [0.4, 0.5) is 10.3 Å². The van der Waals surface area contributed by atoms with Crippen molar-refractivity contribution in [3.63, 3.8) is 0 Å². The molecule has 1 heterocycles. The highest BCUT2D eigenvalue weighted by Crippen LogP contribution is 2.21. The van der Waals surface area contributed by atoms with E-state index < -0.39 is 0 Å². The summed E-state index contributed by atoms with van der Waals surface area (Å²) in [6.07, 6.45) is 1.63. The largest absolute Gasteiger partial charge is 0.497 e. The Bertz CT molecular complexity index is 823. The minimum atomic E-state index is -0.310. The molecular weight excluding hydrogens is 321 g/mol. The van der Waals surface area contributed by atoms with Gasteiger partial charge in [-0.3, -0.25) is 0 Å². The molecule has 25 heavy (non-hydrogen) atoms. The van der Waals surface area contributed by atoms with Crippen LogP contribution in [0.15, 0.2) is 60.8 Å². The summed E-state index contributed by atoms with van der Waals surface area (Å²) in [6, 6.07) is 15.3. The van der Waals surface area contributed by atoms with E-state index in [0.717, 1.165) is 11.3 Å². The van der Waals surface area contributed by atoms with Gasteiger partial charge in [-0.1, -0.05) is 12.1 Å². The molecule has 0 saturated heterocycles. The highest BCUT2D eigenvalue weighted by Gasteiger charge is 2.08. The number of ether oxygens (including phenoxy) is 2. The first-order chi connectivity index (χ1) is 12.1. The van der Waals surface area contributed by atoms with Crippen LogP contribution in [0.25, 0.3) is 0 Å². The summed E-state index contributed by atoms with van der Waals surface area (Å²) in [6.45, 7) is 0.643. The maximum atomic E-state index is 13.0. The first kappa shape index (κ1) is 16.7. The highest BCUT2D eigenvalue weighted by atomic mass is 19.1. The lowest BCUT2D eigenvalue weighted by atomic mass is 10.2. The summed E-state index contributed by atoms with van der Waals surface area (Å²) in [5.74, 6) is 1.96. The van der Waals surface area contributed by atoms with Crippen molar-refractivity contribution in [1.29, 1.82) is 0 Å². The van der Waals surface area contributed by atoms with Crippen LogP contribution in [0.5, 0.6) is 17.4 Å². The van der Waals surface area contributed by atoms with Crippen molar-refractivity contribution in [1.82, 2.24) is 9.97 Å². The smallest absolute Gasteiger partial charge is 0.228 e. The first-order valence-corrected chi connectivity index (χ1v) is 7.74. The standard InChI is InChI=1S/C19H18FN3O2/c1-23(13-14-3-7-16(24-2)8-4-14)19-21-12-11-18(22-19)25-17-9-5-15(20)6-10-17/h3-12H,13H2,1-2H3. The van der Waals surface area contributed by atoms with Gasteiger partial charge < -0.3 is 14.4 Å². The summed E-state index contributed by atoms with van der Waals surface area (Å²) in [4.78, 5) is 10.6. The van der Waals surface area contributed by atoms with E-state index in [1.54, 1.807) is 31.5 Å². The van der Waals surface area contributed by atoms with Crippen LogP contribution in [-0.4, -0.2) is 24.1 Å². The molecule has 0 radical (unpaired) electrons. The second-order valence-electron chi connectivity index (χ2n) is 5.45. The molecule has 0 fully saturated rings. The van der Waals surface area contributed by atoms with Crippen molar-refractivity contribution in [3.05, 3.63) is 72.2 Å². The summed E-state index contributed by atoms with van der Waals surface area (Å²) >= 11 is 0. The average Bonchev–Trinajstić information content (AvgIpc) is 2.64. The normalized spacial score (nSPS) is 10.4. The molecule has 128 valence electrons. The fourth-order valence-corrected chi connectivity index (χ4v) is 2.27. The van der Waals surface area contributed by atoms with Gasteiger partial charge in [0.05, 0.1) is 7.11 Å². The lowest BCUT2D eigenvalue weighted by molar-refractivity contribution is 0.414. The number of nitrogens with zero attached hydrogens (tertiary/aromatic N) is 3. The molecule has 3 aromatic rings. The molecule has 0 aliphatic heterocycles. The molecular formula is C19H18FN3O2. The van der Waals surface area contributed by atoms with E-state index in [9.17, 15) is 4.39 Å². The van der Waals surface area contributed by atoms with Gasteiger partial charge in [0.1, 0.15) is 17.3 Å². The van der Waals surface area contributed by atoms with Gasteiger partial charge in [-0.15, -0.1) is 0 Å². The molecule has 2 aromatic carbocycles. The van der Waals surface area contributed by atoms with Crippen LogP contribution < -0.4 is 14.4 Å². The zero-order chi connectivity index (χ0) is 17.6. The number of benzene rings is 2. The van der Waals surface area contributed by atoms with Crippen LogP contribution in [-0.2, 0) is 6.54 Å². The quantitative estimate of drug-likeness (QED) is 0.678. The van der Waals surface area contributed by atoms with Crippen molar-refractivity contribution < 1.29 is 13.9 Å². The predicted octanol–water partition coefficient (Wildman–Crippen LogP) is 4.05. The van der Waals surface area contributed by atoms with Crippen LogP contribution >= 0.6 is 0 Å². The third-order valence-corrected chi connectivity index (χ3v) is 3.57. The molecule has 0 N–H and O–H groups in total. The van der Waals surface area contributed by atoms with Gasteiger partial charge in [0.25, 0.3) is 0 Å². The van der Waals surface area contributed by atoms with E-state index in [1.165, 1.54) is 12.1 Å². The maximum Gasteiger partial charge on any atom is 0.228 e. The topological polar surface area (TPSA) is 47.5 Å². The first-order valence-electron chi connectivity index (χ1n) is 7.74.